The monoisotopic (exact) mass is 385 g/mol. The molecule has 0 saturated carbocycles. The van der Waals surface area contributed by atoms with Gasteiger partial charge in [0.25, 0.3) is 10.0 Å². The summed E-state index contributed by atoms with van der Waals surface area (Å²) in [5, 5.41) is 1.74. The van der Waals surface area contributed by atoms with Crippen molar-refractivity contribution in [2.45, 2.75) is 0 Å². The van der Waals surface area contributed by atoms with Crippen LogP contribution in [0.1, 0.15) is 15.9 Å². The first kappa shape index (κ1) is 18.3. The molecule has 0 amide bonds. The lowest BCUT2D eigenvalue weighted by Crippen LogP contribution is -2.10. The summed E-state index contributed by atoms with van der Waals surface area (Å²) in [6.07, 6.45) is 1.43. The Balaban J connectivity index is 2.20. The second-order valence-electron chi connectivity index (χ2n) is 4.69. The highest BCUT2D eigenvalue weighted by molar-refractivity contribution is 7.95. The summed E-state index contributed by atoms with van der Waals surface area (Å²) < 4.78 is 31.1. The molecule has 0 radical (unpaired) electrons. The third-order valence-corrected chi connectivity index (χ3v) is 4.54. The summed E-state index contributed by atoms with van der Waals surface area (Å²) in [6.45, 7) is 0. The van der Waals surface area contributed by atoms with Crippen molar-refractivity contribution in [1.82, 2.24) is 0 Å². The van der Waals surface area contributed by atoms with Crippen molar-refractivity contribution in [3.63, 3.8) is 0 Å². The Bertz CT molecular complexity index is 877. The van der Waals surface area contributed by atoms with Crippen molar-refractivity contribution in [2.75, 3.05) is 11.8 Å². The number of benzene rings is 2. The number of methoxy groups -OCH3 is 1. The maximum atomic E-state index is 12.1. The van der Waals surface area contributed by atoms with Crippen LogP contribution < -0.4 is 4.72 Å². The molecule has 1 N–H and O–H groups in total. The van der Waals surface area contributed by atoms with E-state index >= 15 is 0 Å². The Labute approximate surface area is 149 Å². The summed E-state index contributed by atoms with van der Waals surface area (Å²) in [5.41, 5.74) is 0.942. The van der Waals surface area contributed by atoms with Gasteiger partial charge in [-0.2, -0.15) is 0 Å². The minimum Gasteiger partial charge on any atom is -0.465 e. The van der Waals surface area contributed by atoms with Crippen LogP contribution in [0.25, 0.3) is 6.08 Å². The van der Waals surface area contributed by atoms with Crippen molar-refractivity contribution in [2.24, 2.45) is 0 Å². The number of nitrogens with one attached hydrogen (secondary N) is 1. The fourth-order valence-corrected chi connectivity index (χ4v) is 2.98. The summed E-state index contributed by atoms with van der Waals surface area (Å²) >= 11 is 11.7. The van der Waals surface area contributed by atoms with Crippen LogP contribution >= 0.6 is 23.2 Å². The maximum Gasteiger partial charge on any atom is 0.339 e. The first-order valence-corrected chi connectivity index (χ1v) is 8.95. The van der Waals surface area contributed by atoms with Gasteiger partial charge in [0.05, 0.1) is 23.1 Å². The highest BCUT2D eigenvalue weighted by atomic mass is 35.5. The lowest BCUT2D eigenvalue weighted by molar-refractivity contribution is 0.0601. The SMILES string of the molecule is COC(=O)c1cc(NS(=O)(=O)/C=C/c2ccc(Cl)cc2)ccc1Cl. The summed E-state index contributed by atoms with van der Waals surface area (Å²) in [6, 6.07) is 10.9. The van der Waals surface area contributed by atoms with E-state index < -0.39 is 16.0 Å². The molecule has 0 atom stereocenters. The number of halogens is 2. The van der Waals surface area contributed by atoms with Crippen molar-refractivity contribution in [1.29, 1.82) is 0 Å². The molecular formula is C16H13Cl2NO4S. The fourth-order valence-electron chi connectivity index (χ4n) is 1.80. The molecule has 0 aliphatic carbocycles. The van der Waals surface area contributed by atoms with Gasteiger partial charge in [0, 0.05) is 10.7 Å². The van der Waals surface area contributed by atoms with Crippen LogP contribution in [0.3, 0.4) is 0 Å². The molecule has 24 heavy (non-hydrogen) atoms. The van der Waals surface area contributed by atoms with Gasteiger partial charge in [0.2, 0.25) is 0 Å². The predicted octanol–water partition coefficient (Wildman–Crippen LogP) is 4.19. The standard InChI is InChI=1S/C16H13Cl2NO4S/c1-23-16(20)14-10-13(6-7-15(14)18)19-24(21,22)9-8-11-2-4-12(17)5-3-11/h2-10,19H,1H3/b9-8+. The first-order chi connectivity index (χ1) is 11.3. The molecule has 8 heteroatoms. The number of anilines is 1. The zero-order valence-electron chi connectivity index (χ0n) is 12.5. The number of esters is 1. The van der Waals surface area contributed by atoms with Crippen LogP contribution in [0.5, 0.6) is 0 Å². The van der Waals surface area contributed by atoms with Crippen LogP contribution in [0.4, 0.5) is 5.69 Å². The molecule has 0 heterocycles. The first-order valence-electron chi connectivity index (χ1n) is 6.65. The molecule has 0 spiro atoms. The molecule has 126 valence electrons. The molecule has 0 aromatic heterocycles. The molecule has 0 aliphatic heterocycles. The van der Waals surface area contributed by atoms with Crippen molar-refractivity contribution < 1.29 is 17.9 Å². The van der Waals surface area contributed by atoms with Gasteiger partial charge in [-0.3, -0.25) is 4.72 Å². The molecular weight excluding hydrogens is 373 g/mol. The number of carbonyl (C=O) groups excluding carboxylic acids is 1. The lowest BCUT2D eigenvalue weighted by atomic mass is 10.2. The number of hydrogen-bond donors (Lipinski definition) is 1. The summed E-state index contributed by atoms with van der Waals surface area (Å²) in [5.74, 6) is -0.655. The smallest absolute Gasteiger partial charge is 0.339 e. The van der Waals surface area contributed by atoms with Crippen LogP contribution in [0.2, 0.25) is 10.0 Å². The number of ether oxygens (including phenoxy) is 1. The number of sulfonamides is 1. The zero-order chi connectivity index (χ0) is 17.7. The zero-order valence-corrected chi connectivity index (χ0v) is 14.8. The van der Waals surface area contributed by atoms with Gasteiger partial charge in [0.15, 0.2) is 0 Å². The van der Waals surface area contributed by atoms with Gasteiger partial charge >= 0.3 is 5.97 Å². The Hall–Kier alpha value is -2.02. The molecule has 0 unspecified atom stereocenters. The topological polar surface area (TPSA) is 72.5 Å². The molecule has 0 bridgehead atoms. The Morgan fingerprint density at radius 3 is 2.42 bits per heavy atom. The number of hydrogen-bond acceptors (Lipinski definition) is 4. The Morgan fingerprint density at radius 1 is 1.12 bits per heavy atom. The van der Waals surface area contributed by atoms with E-state index in [1.807, 2.05) is 0 Å². The average Bonchev–Trinajstić information content (AvgIpc) is 2.55. The van der Waals surface area contributed by atoms with Gasteiger partial charge in [-0.05, 0) is 42.0 Å². The molecule has 2 aromatic carbocycles. The van der Waals surface area contributed by atoms with Crippen LogP contribution in [-0.4, -0.2) is 21.5 Å². The van der Waals surface area contributed by atoms with Gasteiger partial charge in [0.1, 0.15) is 0 Å². The van der Waals surface area contributed by atoms with Crippen molar-refractivity contribution in [3.8, 4) is 0 Å². The van der Waals surface area contributed by atoms with Gasteiger partial charge < -0.3 is 4.74 Å². The Kier molecular flexibility index (Phi) is 5.88. The third kappa shape index (κ3) is 4.99. The van der Waals surface area contributed by atoms with E-state index in [1.54, 1.807) is 24.3 Å². The summed E-state index contributed by atoms with van der Waals surface area (Å²) in [7, 11) is -2.55. The number of carbonyl (C=O) groups is 1. The number of rotatable bonds is 5. The largest absolute Gasteiger partial charge is 0.465 e. The van der Waals surface area contributed by atoms with E-state index in [2.05, 4.69) is 9.46 Å². The third-order valence-electron chi connectivity index (χ3n) is 2.94. The van der Waals surface area contributed by atoms with E-state index in [0.717, 1.165) is 5.41 Å². The quantitative estimate of drug-likeness (QED) is 0.782. The second-order valence-corrected chi connectivity index (χ2v) is 7.10. The van der Waals surface area contributed by atoms with Crippen LogP contribution in [-0.2, 0) is 14.8 Å². The molecule has 2 aromatic rings. The molecule has 2 rings (SSSR count). The van der Waals surface area contributed by atoms with E-state index in [0.29, 0.717) is 10.6 Å². The average molecular weight is 386 g/mol. The normalized spacial score (nSPS) is 11.5. The van der Waals surface area contributed by atoms with E-state index in [1.165, 1.54) is 31.4 Å². The van der Waals surface area contributed by atoms with Crippen LogP contribution in [0, 0.1) is 0 Å². The van der Waals surface area contributed by atoms with Crippen molar-refractivity contribution in [3.05, 3.63) is 69.0 Å². The minimum absolute atomic E-state index is 0.0704. The highest BCUT2D eigenvalue weighted by Gasteiger charge is 2.13. The predicted molar refractivity (Wildman–Crippen MR) is 95.8 cm³/mol. The lowest BCUT2D eigenvalue weighted by Gasteiger charge is -2.07. The highest BCUT2D eigenvalue weighted by Crippen LogP contribution is 2.22. The van der Waals surface area contributed by atoms with Gasteiger partial charge in [-0.15, -0.1) is 0 Å². The molecule has 0 fully saturated rings. The van der Waals surface area contributed by atoms with Crippen LogP contribution in [0.15, 0.2) is 47.9 Å². The maximum absolute atomic E-state index is 12.1. The fraction of sp³-hybridized carbons (Fsp3) is 0.0625. The molecule has 0 saturated heterocycles. The molecule has 5 nitrogen and oxygen atoms in total. The van der Waals surface area contributed by atoms with Gasteiger partial charge in [-0.1, -0.05) is 35.3 Å². The second kappa shape index (κ2) is 7.70. The van der Waals surface area contributed by atoms with Crippen molar-refractivity contribution >= 4 is 51.0 Å². The summed E-state index contributed by atoms with van der Waals surface area (Å²) in [4.78, 5) is 11.6. The van der Waals surface area contributed by atoms with E-state index in [-0.39, 0.29) is 16.3 Å². The molecule has 0 aliphatic rings. The van der Waals surface area contributed by atoms with E-state index in [9.17, 15) is 13.2 Å². The van der Waals surface area contributed by atoms with Gasteiger partial charge in [-0.25, -0.2) is 13.2 Å². The Morgan fingerprint density at radius 2 is 1.79 bits per heavy atom. The van der Waals surface area contributed by atoms with E-state index in [4.69, 9.17) is 23.2 Å². The minimum atomic E-state index is -3.76.